The molecule has 0 fully saturated rings. The lowest BCUT2D eigenvalue weighted by atomic mass is 10.1. The summed E-state index contributed by atoms with van der Waals surface area (Å²) in [6, 6.07) is 7.73. The Hall–Kier alpha value is -2.00. The molecule has 1 N–H and O–H groups in total. The summed E-state index contributed by atoms with van der Waals surface area (Å²) < 4.78 is 6.48. The number of rotatable bonds is 5. The molecule has 1 heterocycles. The average Bonchev–Trinajstić information content (AvgIpc) is 2.78. The lowest BCUT2D eigenvalue weighted by Crippen LogP contribution is -2.20. The number of nitro benzene ring substituents is 1. The zero-order valence-corrected chi connectivity index (χ0v) is 14.1. The highest BCUT2D eigenvalue weighted by Gasteiger charge is 2.15. The molecule has 0 spiro atoms. The van der Waals surface area contributed by atoms with Crippen LogP contribution in [0.3, 0.4) is 0 Å². The van der Waals surface area contributed by atoms with Crippen molar-refractivity contribution < 1.29 is 14.1 Å². The predicted molar refractivity (Wildman–Crippen MR) is 86.6 cm³/mol. The second-order valence-corrected chi connectivity index (χ2v) is 5.70. The number of hydrogen-bond donors (Lipinski definition) is 1. The second-order valence-electron chi connectivity index (χ2n) is 4.13. The maximum Gasteiger partial charge on any atom is 0.273 e. The van der Waals surface area contributed by atoms with Crippen LogP contribution in [0.5, 0.6) is 0 Å². The third kappa shape index (κ3) is 4.25. The quantitative estimate of drug-likeness (QED) is 0.446. The van der Waals surface area contributed by atoms with Crippen LogP contribution in [0.25, 0.3) is 0 Å². The van der Waals surface area contributed by atoms with E-state index in [4.69, 9.17) is 4.42 Å². The molecule has 0 aliphatic heterocycles. The van der Waals surface area contributed by atoms with Gasteiger partial charge in [0.2, 0.25) is 5.91 Å². The van der Waals surface area contributed by atoms with Crippen molar-refractivity contribution in [1.82, 2.24) is 5.43 Å². The van der Waals surface area contributed by atoms with E-state index in [2.05, 4.69) is 42.4 Å². The molecule has 1 aromatic heterocycles. The highest BCUT2D eigenvalue weighted by Crippen LogP contribution is 2.25. The standard InChI is InChI=1S/C13H9Br2N3O4/c14-10-6-9(22-13(10)15)7-16-17-12(19)5-8-3-1-2-4-11(8)18(20)21/h1-4,6-7H,5H2,(H,17,19)/b16-7+. The highest BCUT2D eigenvalue weighted by molar-refractivity contribution is 9.13. The van der Waals surface area contributed by atoms with E-state index in [1.165, 1.54) is 18.3 Å². The summed E-state index contributed by atoms with van der Waals surface area (Å²) in [6.45, 7) is 0. The number of benzene rings is 1. The monoisotopic (exact) mass is 429 g/mol. The van der Waals surface area contributed by atoms with E-state index in [-0.39, 0.29) is 12.1 Å². The molecule has 0 atom stereocenters. The van der Waals surface area contributed by atoms with Crippen molar-refractivity contribution in [2.24, 2.45) is 5.10 Å². The predicted octanol–water partition coefficient (Wildman–Crippen LogP) is 3.41. The first kappa shape index (κ1) is 16.4. The highest BCUT2D eigenvalue weighted by atomic mass is 79.9. The van der Waals surface area contributed by atoms with Crippen molar-refractivity contribution in [3.05, 3.63) is 60.9 Å². The molecular formula is C13H9Br2N3O4. The van der Waals surface area contributed by atoms with Gasteiger partial charge < -0.3 is 4.42 Å². The number of furan rings is 1. The fourth-order valence-electron chi connectivity index (χ4n) is 1.65. The van der Waals surface area contributed by atoms with Crippen LogP contribution < -0.4 is 5.43 Å². The molecular weight excluding hydrogens is 422 g/mol. The smallest absolute Gasteiger partial charge is 0.273 e. The molecule has 0 bridgehead atoms. The fraction of sp³-hybridized carbons (Fsp3) is 0.0769. The third-order valence-electron chi connectivity index (χ3n) is 2.58. The molecule has 0 aliphatic carbocycles. The average molecular weight is 431 g/mol. The summed E-state index contributed by atoms with van der Waals surface area (Å²) in [5.74, 6) is -0.0278. The number of amides is 1. The van der Waals surface area contributed by atoms with Crippen LogP contribution in [0.1, 0.15) is 11.3 Å². The van der Waals surface area contributed by atoms with Crippen molar-refractivity contribution in [3.63, 3.8) is 0 Å². The molecule has 0 aliphatic rings. The Morgan fingerprint density at radius 3 is 2.77 bits per heavy atom. The maximum absolute atomic E-state index is 11.8. The summed E-state index contributed by atoms with van der Waals surface area (Å²) in [6.07, 6.45) is 1.19. The van der Waals surface area contributed by atoms with Crippen LogP contribution in [0, 0.1) is 10.1 Å². The van der Waals surface area contributed by atoms with Gasteiger partial charge in [0.25, 0.3) is 5.69 Å². The zero-order chi connectivity index (χ0) is 16.1. The molecule has 7 nitrogen and oxygen atoms in total. The van der Waals surface area contributed by atoms with Gasteiger partial charge in [0.1, 0.15) is 5.76 Å². The molecule has 2 aromatic rings. The third-order valence-corrected chi connectivity index (χ3v) is 4.29. The first-order chi connectivity index (χ1) is 10.5. The largest absolute Gasteiger partial charge is 0.447 e. The van der Waals surface area contributed by atoms with Gasteiger partial charge in [-0.05, 0) is 31.9 Å². The Balaban J connectivity index is 1.97. The van der Waals surface area contributed by atoms with Crippen LogP contribution in [0.15, 0.2) is 49.0 Å². The Morgan fingerprint density at radius 2 is 2.14 bits per heavy atom. The van der Waals surface area contributed by atoms with Crippen molar-refractivity contribution in [3.8, 4) is 0 Å². The van der Waals surface area contributed by atoms with E-state index in [9.17, 15) is 14.9 Å². The fourth-order valence-corrected chi connectivity index (χ4v) is 2.25. The number of halogens is 2. The topological polar surface area (TPSA) is 97.7 Å². The minimum absolute atomic E-state index is 0.0967. The molecule has 2 rings (SSSR count). The number of para-hydroxylation sites is 1. The maximum atomic E-state index is 11.8. The number of carbonyl (C=O) groups excluding carboxylic acids is 1. The van der Waals surface area contributed by atoms with Gasteiger partial charge in [0.05, 0.1) is 22.0 Å². The normalized spacial score (nSPS) is 10.8. The Kier molecular flexibility index (Phi) is 5.45. The van der Waals surface area contributed by atoms with Gasteiger partial charge in [-0.2, -0.15) is 5.10 Å². The van der Waals surface area contributed by atoms with Gasteiger partial charge in [-0.3, -0.25) is 14.9 Å². The van der Waals surface area contributed by atoms with Crippen molar-refractivity contribution in [1.29, 1.82) is 0 Å². The molecule has 0 radical (unpaired) electrons. The molecule has 0 saturated heterocycles. The Labute approximate surface area is 141 Å². The van der Waals surface area contributed by atoms with Gasteiger partial charge in [-0.25, -0.2) is 5.43 Å². The van der Waals surface area contributed by atoms with E-state index in [0.29, 0.717) is 16.0 Å². The zero-order valence-electron chi connectivity index (χ0n) is 11.0. The molecule has 22 heavy (non-hydrogen) atoms. The van der Waals surface area contributed by atoms with Crippen molar-refractivity contribution in [2.75, 3.05) is 0 Å². The Bertz CT molecular complexity index is 723. The van der Waals surface area contributed by atoms with Gasteiger partial charge in [-0.15, -0.1) is 0 Å². The van der Waals surface area contributed by atoms with Gasteiger partial charge in [0, 0.05) is 17.7 Å². The summed E-state index contributed by atoms with van der Waals surface area (Å²) in [5, 5.41) is 14.6. The molecule has 1 aromatic carbocycles. The van der Waals surface area contributed by atoms with E-state index in [0.717, 1.165) is 4.47 Å². The first-order valence-electron chi connectivity index (χ1n) is 5.96. The van der Waals surface area contributed by atoms with E-state index in [1.807, 2.05) is 0 Å². The van der Waals surface area contributed by atoms with Crippen molar-refractivity contribution >= 4 is 49.7 Å². The number of nitro groups is 1. The van der Waals surface area contributed by atoms with Crippen LogP contribution in [-0.4, -0.2) is 17.0 Å². The van der Waals surface area contributed by atoms with Gasteiger partial charge in [0.15, 0.2) is 4.67 Å². The van der Waals surface area contributed by atoms with E-state index < -0.39 is 10.8 Å². The van der Waals surface area contributed by atoms with E-state index >= 15 is 0 Å². The summed E-state index contributed by atoms with van der Waals surface area (Å²) in [5.41, 5.74) is 2.52. The molecule has 114 valence electrons. The number of hydrazone groups is 1. The number of hydrogen-bond acceptors (Lipinski definition) is 5. The lowest BCUT2D eigenvalue weighted by molar-refractivity contribution is -0.385. The van der Waals surface area contributed by atoms with Crippen molar-refractivity contribution in [2.45, 2.75) is 6.42 Å². The first-order valence-corrected chi connectivity index (χ1v) is 7.55. The van der Waals surface area contributed by atoms with Crippen LogP contribution in [0.2, 0.25) is 0 Å². The van der Waals surface area contributed by atoms with Crippen LogP contribution in [-0.2, 0) is 11.2 Å². The molecule has 1 amide bonds. The summed E-state index contributed by atoms with van der Waals surface area (Å²) in [7, 11) is 0. The molecule has 0 unspecified atom stereocenters. The minimum atomic E-state index is -0.524. The summed E-state index contributed by atoms with van der Waals surface area (Å²) >= 11 is 6.43. The molecule has 9 heteroatoms. The van der Waals surface area contributed by atoms with Crippen LogP contribution >= 0.6 is 31.9 Å². The lowest BCUT2D eigenvalue weighted by Gasteiger charge is -2.01. The van der Waals surface area contributed by atoms with E-state index in [1.54, 1.807) is 18.2 Å². The molecule has 0 saturated carbocycles. The van der Waals surface area contributed by atoms with Gasteiger partial charge >= 0.3 is 0 Å². The Morgan fingerprint density at radius 1 is 1.41 bits per heavy atom. The van der Waals surface area contributed by atoms with Crippen LogP contribution in [0.4, 0.5) is 5.69 Å². The SMILES string of the molecule is O=C(Cc1ccccc1[N+](=O)[O-])N/N=C/c1cc(Br)c(Br)o1. The number of nitrogens with one attached hydrogen (secondary N) is 1. The second kappa shape index (κ2) is 7.32. The number of carbonyl (C=O) groups is 1. The summed E-state index contributed by atoms with van der Waals surface area (Å²) in [4.78, 5) is 22.1. The minimum Gasteiger partial charge on any atom is -0.447 e. The number of nitrogens with zero attached hydrogens (tertiary/aromatic N) is 2. The van der Waals surface area contributed by atoms with Gasteiger partial charge in [-0.1, -0.05) is 18.2 Å².